The van der Waals surface area contributed by atoms with Crippen molar-refractivity contribution in [3.8, 4) is 5.75 Å². The molecule has 0 aliphatic carbocycles. The Labute approximate surface area is 104 Å². The lowest BCUT2D eigenvalue weighted by Gasteiger charge is -2.28. The van der Waals surface area contributed by atoms with E-state index in [0.29, 0.717) is 0 Å². The van der Waals surface area contributed by atoms with Crippen LogP contribution in [-0.4, -0.2) is 38.2 Å². The Morgan fingerprint density at radius 1 is 1.24 bits per heavy atom. The highest BCUT2D eigenvalue weighted by molar-refractivity contribution is 5.44. The second kappa shape index (κ2) is 5.52. The number of hydrogen-bond donors (Lipinski definition) is 1. The molecule has 1 aromatic carbocycles. The molecule has 0 spiro atoms. The number of hydrogen-bond acceptors (Lipinski definition) is 3. The van der Waals surface area contributed by atoms with Gasteiger partial charge in [-0.1, -0.05) is 6.07 Å². The van der Waals surface area contributed by atoms with Gasteiger partial charge in [0.1, 0.15) is 5.75 Å². The van der Waals surface area contributed by atoms with Crippen LogP contribution in [0.5, 0.6) is 5.75 Å². The fraction of sp³-hybridized carbons (Fsp3) is 0.571. The summed E-state index contributed by atoms with van der Waals surface area (Å²) in [5, 5.41) is 3.38. The van der Waals surface area contributed by atoms with Crippen LogP contribution in [0.15, 0.2) is 12.1 Å². The molecule has 1 fully saturated rings. The van der Waals surface area contributed by atoms with E-state index in [9.17, 15) is 0 Å². The van der Waals surface area contributed by atoms with Crippen molar-refractivity contribution in [2.45, 2.75) is 20.4 Å². The summed E-state index contributed by atoms with van der Waals surface area (Å²) in [6.07, 6.45) is 0. The summed E-state index contributed by atoms with van der Waals surface area (Å²) < 4.78 is 5.48. The molecule has 3 heteroatoms. The molecule has 1 aliphatic rings. The van der Waals surface area contributed by atoms with E-state index in [-0.39, 0.29) is 0 Å². The molecule has 94 valence electrons. The summed E-state index contributed by atoms with van der Waals surface area (Å²) >= 11 is 0. The minimum absolute atomic E-state index is 0.998. The third-order valence-electron chi connectivity index (χ3n) is 3.64. The maximum Gasteiger partial charge on any atom is 0.123 e. The van der Waals surface area contributed by atoms with Crippen molar-refractivity contribution < 1.29 is 4.74 Å². The van der Waals surface area contributed by atoms with Gasteiger partial charge in [-0.15, -0.1) is 0 Å². The minimum Gasteiger partial charge on any atom is -0.496 e. The molecular formula is C14H22N2O. The summed E-state index contributed by atoms with van der Waals surface area (Å²) in [5.74, 6) is 1.02. The lowest BCUT2D eigenvalue weighted by Crippen LogP contribution is -2.43. The molecule has 0 aromatic heterocycles. The molecular weight excluding hydrogens is 212 g/mol. The van der Waals surface area contributed by atoms with Crippen LogP contribution < -0.4 is 10.1 Å². The van der Waals surface area contributed by atoms with Gasteiger partial charge in [0.2, 0.25) is 0 Å². The van der Waals surface area contributed by atoms with E-state index < -0.39 is 0 Å². The first kappa shape index (κ1) is 12.4. The van der Waals surface area contributed by atoms with Crippen LogP contribution in [0.2, 0.25) is 0 Å². The molecule has 0 bridgehead atoms. The van der Waals surface area contributed by atoms with Crippen LogP contribution in [0.1, 0.15) is 16.7 Å². The third kappa shape index (κ3) is 2.79. The van der Waals surface area contributed by atoms with E-state index >= 15 is 0 Å². The van der Waals surface area contributed by atoms with Crippen LogP contribution >= 0.6 is 0 Å². The predicted molar refractivity (Wildman–Crippen MR) is 70.6 cm³/mol. The number of piperazine rings is 1. The zero-order valence-corrected chi connectivity index (χ0v) is 11.0. The van der Waals surface area contributed by atoms with Crippen molar-refractivity contribution in [3.05, 3.63) is 28.8 Å². The maximum atomic E-state index is 5.48. The van der Waals surface area contributed by atoms with Crippen molar-refractivity contribution in [2.75, 3.05) is 33.3 Å². The van der Waals surface area contributed by atoms with Crippen molar-refractivity contribution in [2.24, 2.45) is 0 Å². The maximum absolute atomic E-state index is 5.48. The Morgan fingerprint density at radius 3 is 2.59 bits per heavy atom. The van der Waals surface area contributed by atoms with Crippen molar-refractivity contribution in [1.29, 1.82) is 0 Å². The Bertz CT molecular complexity index is 384. The lowest BCUT2D eigenvalue weighted by atomic mass is 10.0. The molecule has 0 saturated carbocycles. The second-order valence-corrected chi connectivity index (χ2v) is 4.71. The Balaban J connectivity index is 2.20. The van der Waals surface area contributed by atoms with E-state index in [1.54, 1.807) is 7.11 Å². The molecule has 2 rings (SSSR count). The van der Waals surface area contributed by atoms with E-state index in [1.807, 2.05) is 0 Å². The van der Waals surface area contributed by atoms with Crippen molar-refractivity contribution in [1.82, 2.24) is 10.2 Å². The molecule has 0 amide bonds. The number of methoxy groups -OCH3 is 1. The van der Waals surface area contributed by atoms with Crippen molar-refractivity contribution in [3.63, 3.8) is 0 Å². The lowest BCUT2D eigenvalue weighted by molar-refractivity contribution is 0.229. The Hall–Kier alpha value is -1.06. The summed E-state index contributed by atoms with van der Waals surface area (Å²) in [4.78, 5) is 2.49. The fourth-order valence-corrected chi connectivity index (χ4v) is 2.33. The number of ether oxygens (including phenoxy) is 1. The van der Waals surface area contributed by atoms with Gasteiger partial charge in [0.05, 0.1) is 7.11 Å². The number of benzene rings is 1. The van der Waals surface area contributed by atoms with Gasteiger partial charge in [0, 0.05) is 38.3 Å². The minimum atomic E-state index is 0.998. The zero-order chi connectivity index (χ0) is 12.3. The first-order valence-corrected chi connectivity index (χ1v) is 6.28. The van der Waals surface area contributed by atoms with Gasteiger partial charge in [0.25, 0.3) is 0 Å². The van der Waals surface area contributed by atoms with Crippen molar-refractivity contribution >= 4 is 0 Å². The number of nitrogens with zero attached hydrogens (tertiary/aromatic N) is 1. The molecule has 0 radical (unpaired) electrons. The van der Waals surface area contributed by atoms with Gasteiger partial charge in [-0.3, -0.25) is 4.90 Å². The SMILES string of the molecule is COc1ccc(C)c(C)c1CN1CCNCC1. The topological polar surface area (TPSA) is 24.5 Å². The molecule has 1 aliphatic heterocycles. The number of nitrogens with one attached hydrogen (secondary N) is 1. The summed E-state index contributed by atoms with van der Waals surface area (Å²) in [6, 6.07) is 4.22. The quantitative estimate of drug-likeness (QED) is 0.862. The van der Waals surface area contributed by atoms with Gasteiger partial charge in [-0.2, -0.15) is 0 Å². The van der Waals surface area contributed by atoms with Gasteiger partial charge < -0.3 is 10.1 Å². The van der Waals surface area contributed by atoms with Crippen LogP contribution in [-0.2, 0) is 6.54 Å². The molecule has 1 N–H and O–H groups in total. The zero-order valence-electron chi connectivity index (χ0n) is 11.0. The second-order valence-electron chi connectivity index (χ2n) is 4.71. The highest BCUT2D eigenvalue weighted by atomic mass is 16.5. The normalized spacial score (nSPS) is 17.1. The molecule has 1 aromatic rings. The van der Waals surface area contributed by atoms with E-state index in [0.717, 1.165) is 38.5 Å². The van der Waals surface area contributed by atoms with Crippen LogP contribution in [0.25, 0.3) is 0 Å². The van der Waals surface area contributed by atoms with E-state index in [4.69, 9.17) is 4.74 Å². The Kier molecular flexibility index (Phi) is 4.02. The Morgan fingerprint density at radius 2 is 1.94 bits per heavy atom. The molecule has 0 unspecified atom stereocenters. The summed E-state index contributed by atoms with van der Waals surface area (Å²) in [7, 11) is 1.76. The van der Waals surface area contributed by atoms with Gasteiger partial charge >= 0.3 is 0 Å². The van der Waals surface area contributed by atoms with E-state index in [2.05, 4.69) is 36.2 Å². The largest absolute Gasteiger partial charge is 0.496 e. The molecule has 0 atom stereocenters. The molecule has 17 heavy (non-hydrogen) atoms. The highest BCUT2D eigenvalue weighted by Crippen LogP contribution is 2.26. The predicted octanol–water partition coefficient (Wildman–Crippen LogP) is 1.72. The average Bonchev–Trinajstić information content (AvgIpc) is 2.37. The average molecular weight is 234 g/mol. The van der Waals surface area contributed by atoms with Crippen LogP contribution in [0, 0.1) is 13.8 Å². The first-order chi connectivity index (χ1) is 8.22. The third-order valence-corrected chi connectivity index (χ3v) is 3.64. The van der Waals surface area contributed by atoms with Gasteiger partial charge in [0.15, 0.2) is 0 Å². The standard InChI is InChI=1S/C14H22N2O/c1-11-4-5-14(17-3)13(12(11)2)10-16-8-6-15-7-9-16/h4-5,15H,6-10H2,1-3H3. The summed E-state index contributed by atoms with van der Waals surface area (Å²) in [6.45, 7) is 9.78. The molecule has 1 heterocycles. The molecule has 1 saturated heterocycles. The monoisotopic (exact) mass is 234 g/mol. The number of rotatable bonds is 3. The van der Waals surface area contributed by atoms with Crippen LogP contribution in [0.4, 0.5) is 0 Å². The first-order valence-electron chi connectivity index (χ1n) is 6.28. The fourth-order valence-electron chi connectivity index (χ4n) is 2.33. The van der Waals surface area contributed by atoms with Gasteiger partial charge in [-0.25, -0.2) is 0 Å². The highest BCUT2D eigenvalue weighted by Gasteiger charge is 2.15. The number of aryl methyl sites for hydroxylation is 1. The smallest absolute Gasteiger partial charge is 0.123 e. The summed E-state index contributed by atoms with van der Waals surface area (Å²) in [5.41, 5.74) is 4.05. The van der Waals surface area contributed by atoms with Crippen LogP contribution in [0.3, 0.4) is 0 Å². The van der Waals surface area contributed by atoms with Gasteiger partial charge in [-0.05, 0) is 31.0 Å². The van der Waals surface area contributed by atoms with E-state index in [1.165, 1.54) is 16.7 Å². The molecule has 3 nitrogen and oxygen atoms in total.